The van der Waals surface area contributed by atoms with Gasteiger partial charge in [-0.15, -0.1) is 10.2 Å². The highest BCUT2D eigenvalue weighted by Gasteiger charge is 2.32. The zero-order valence-electron chi connectivity index (χ0n) is 12.0. The first-order chi connectivity index (χ1) is 9.98. The van der Waals surface area contributed by atoms with Gasteiger partial charge in [-0.3, -0.25) is 4.79 Å². The van der Waals surface area contributed by atoms with Gasteiger partial charge in [0.25, 0.3) is 5.56 Å². The minimum atomic E-state index is -4.61. The third-order valence-electron chi connectivity index (χ3n) is 2.78. The summed E-state index contributed by atoms with van der Waals surface area (Å²) in [5.74, 6) is 0.357. The molecule has 0 aliphatic heterocycles. The minimum absolute atomic E-state index is 0.0300. The van der Waals surface area contributed by atoms with Crippen LogP contribution in [0, 0.1) is 0 Å². The summed E-state index contributed by atoms with van der Waals surface area (Å²) in [7, 11) is 0. The van der Waals surface area contributed by atoms with Crippen LogP contribution < -0.4 is 5.56 Å². The molecule has 0 saturated carbocycles. The van der Waals surface area contributed by atoms with Gasteiger partial charge in [0.15, 0.2) is 0 Å². The van der Waals surface area contributed by atoms with Crippen LogP contribution in [0.5, 0.6) is 0 Å². The highest BCUT2D eigenvalue weighted by Crippen LogP contribution is 2.29. The van der Waals surface area contributed by atoms with Crippen molar-refractivity contribution < 1.29 is 17.6 Å². The summed E-state index contributed by atoms with van der Waals surface area (Å²) < 4.78 is 44.4. The van der Waals surface area contributed by atoms with Crippen molar-refractivity contribution in [1.29, 1.82) is 0 Å². The van der Waals surface area contributed by atoms with Crippen LogP contribution in [-0.2, 0) is 18.1 Å². The van der Waals surface area contributed by atoms with E-state index in [-0.39, 0.29) is 12.4 Å². The number of rotatable bonds is 2. The highest BCUT2D eigenvalue weighted by atomic mass is 35.5. The van der Waals surface area contributed by atoms with E-state index >= 15 is 0 Å². The van der Waals surface area contributed by atoms with Crippen molar-refractivity contribution in [2.24, 2.45) is 0 Å². The second-order valence-corrected chi connectivity index (χ2v) is 6.17. The van der Waals surface area contributed by atoms with E-state index in [0.717, 1.165) is 4.57 Å². The third-order valence-corrected chi connectivity index (χ3v) is 3.05. The largest absolute Gasteiger partial charge is 0.423 e. The molecule has 2 aromatic heterocycles. The first kappa shape index (κ1) is 16.5. The number of nitrogens with zero attached hydrogens (tertiary/aromatic N) is 3. The smallest absolute Gasteiger partial charge is 0.417 e. The fourth-order valence-electron chi connectivity index (χ4n) is 1.64. The van der Waals surface area contributed by atoms with Crippen LogP contribution in [0.15, 0.2) is 21.5 Å². The molecule has 120 valence electrons. The number of halogens is 4. The molecule has 0 aliphatic rings. The molecule has 9 heteroatoms. The summed E-state index contributed by atoms with van der Waals surface area (Å²) in [6, 6.07) is 0.592. The van der Waals surface area contributed by atoms with Crippen LogP contribution in [0.1, 0.15) is 38.1 Å². The first-order valence-electron chi connectivity index (χ1n) is 6.28. The molecule has 0 amide bonds. The van der Waals surface area contributed by atoms with E-state index in [1.54, 1.807) is 0 Å². The van der Waals surface area contributed by atoms with E-state index in [0.29, 0.717) is 18.2 Å². The predicted octanol–water partition coefficient (Wildman–Crippen LogP) is 3.25. The van der Waals surface area contributed by atoms with Gasteiger partial charge in [-0.1, -0.05) is 32.4 Å². The average Bonchev–Trinajstić information content (AvgIpc) is 2.81. The molecule has 0 saturated heterocycles. The molecular weight excluding hydrogens is 323 g/mol. The van der Waals surface area contributed by atoms with Gasteiger partial charge in [-0.2, -0.15) is 13.2 Å². The van der Waals surface area contributed by atoms with Crippen LogP contribution in [-0.4, -0.2) is 14.8 Å². The number of alkyl halides is 3. The van der Waals surface area contributed by atoms with Crippen molar-refractivity contribution in [3.8, 4) is 0 Å². The first-order valence-corrected chi connectivity index (χ1v) is 6.66. The Morgan fingerprint density at radius 1 is 1.27 bits per heavy atom. The van der Waals surface area contributed by atoms with Crippen molar-refractivity contribution >= 4 is 11.6 Å². The van der Waals surface area contributed by atoms with Crippen molar-refractivity contribution in [2.75, 3.05) is 0 Å². The minimum Gasteiger partial charge on any atom is -0.423 e. The van der Waals surface area contributed by atoms with E-state index in [4.69, 9.17) is 16.0 Å². The summed E-state index contributed by atoms with van der Waals surface area (Å²) in [4.78, 5) is 11.8. The SMILES string of the molecule is CC(C)(C)c1nnc(Cn2cc(C(F)(F)F)cc(Cl)c2=O)o1. The molecule has 0 fully saturated rings. The van der Waals surface area contributed by atoms with Gasteiger partial charge in [0, 0.05) is 11.6 Å². The molecule has 0 aromatic carbocycles. The van der Waals surface area contributed by atoms with Gasteiger partial charge in [-0.25, -0.2) is 0 Å². The van der Waals surface area contributed by atoms with Crippen LogP contribution in [0.3, 0.4) is 0 Å². The summed E-state index contributed by atoms with van der Waals surface area (Å²) in [5.41, 5.74) is -2.18. The molecule has 0 aliphatic carbocycles. The van der Waals surface area contributed by atoms with E-state index in [9.17, 15) is 18.0 Å². The van der Waals surface area contributed by atoms with Gasteiger partial charge in [-0.05, 0) is 6.07 Å². The molecule has 2 rings (SSSR count). The average molecular weight is 336 g/mol. The highest BCUT2D eigenvalue weighted by molar-refractivity contribution is 6.30. The van der Waals surface area contributed by atoms with Crippen LogP contribution >= 0.6 is 11.6 Å². The fourth-order valence-corrected chi connectivity index (χ4v) is 1.86. The van der Waals surface area contributed by atoms with Crippen LogP contribution in [0.2, 0.25) is 5.02 Å². The zero-order valence-corrected chi connectivity index (χ0v) is 12.8. The zero-order chi connectivity index (χ0) is 16.7. The molecule has 0 atom stereocenters. The number of pyridine rings is 1. The lowest BCUT2D eigenvalue weighted by Crippen LogP contribution is -2.23. The Bertz CT molecular complexity index is 744. The normalized spacial score (nSPS) is 12.7. The Morgan fingerprint density at radius 2 is 1.91 bits per heavy atom. The van der Waals surface area contributed by atoms with Crippen molar-refractivity contribution in [2.45, 2.75) is 38.9 Å². The molecule has 2 heterocycles. The van der Waals surface area contributed by atoms with Crippen LogP contribution in [0.4, 0.5) is 13.2 Å². The monoisotopic (exact) mass is 335 g/mol. The Morgan fingerprint density at radius 3 is 2.41 bits per heavy atom. The van der Waals surface area contributed by atoms with E-state index < -0.39 is 27.7 Å². The molecule has 22 heavy (non-hydrogen) atoms. The molecule has 0 spiro atoms. The Balaban J connectivity index is 2.39. The van der Waals surface area contributed by atoms with Crippen molar-refractivity contribution in [3.63, 3.8) is 0 Å². The quantitative estimate of drug-likeness (QED) is 0.845. The molecular formula is C13H13ClF3N3O2. The molecule has 2 aromatic rings. The summed E-state index contributed by atoms with van der Waals surface area (Å²) >= 11 is 5.57. The Kier molecular flexibility index (Phi) is 4.08. The maximum absolute atomic E-state index is 12.8. The lowest BCUT2D eigenvalue weighted by atomic mass is 9.97. The Hall–Kier alpha value is -1.83. The molecule has 0 bridgehead atoms. The maximum atomic E-state index is 12.8. The van der Waals surface area contributed by atoms with Gasteiger partial charge in [0.2, 0.25) is 11.8 Å². The Labute approximate surface area is 128 Å². The van der Waals surface area contributed by atoms with Gasteiger partial charge < -0.3 is 8.98 Å². The van der Waals surface area contributed by atoms with Crippen molar-refractivity contribution in [1.82, 2.24) is 14.8 Å². The second kappa shape index (κ2) is 5.42. The number of hydrogen-bond acceptors (Lipinski definition) is 4. The summed E-state index contributed by atoms with van der Waals surface area (Å²) in [6.45, 7) is 5.25. The van der Waals surface area contributed by atoms with Crippen molar-refractivity contribution in [3.05, 3.63) is 45.0 Å². The molecule has 0 unspecified atom stereocenters. The summed E-state index contributed by atoms with van der Waals surface area (Å²) in [6.07, 6.45) is -3.93. The lowest BCUT2D eigenvalue weighted by molar-refractivity contribution is -0.138. The molecule has 5 nitrogen and oxygen atoms in total. The topological polar surface area (TPSA) is 60.9 Å². The fraction of sp³-hybridized carbons (Fsp3) is 0.462. The lowest BCUT2D eigenvalue weighted by Gasteiger charge is -2.12. The molecule has 0 radical (unpaired) electrons. The second-order valence-electron chi connectivity index (χ2n) is 5.76. The van der Waals surface area contributed by atoms with E-state index in [2.05, 4.69) is 10.2 Å². The van der Waals surface area contributed by atoms with Gasteiger partial charge in [0.1, 0.15) is 11.6 Å². The van der Waals surface area contributed by atoms with Gasteiger partial charge >= 0.3 is 6.18 Å². The maximum Gasteiger partial charge on any atom is 0.417 e. The summed E-state index contributed by atoms with van der Waals surface area (Å²) in [5, 5.41) is 7.04. The predicted molar refractivity (Wildman–Crippen MR) is 72.8 cm³/mol. The van der Waals surface area contributed by atoms with E-state index in [1.807, 2.05) is 20.8 Å². The molecule has 0 N–H and O–H groups in total. The number of hydrogen-bond donors (Lipinski definition) is 0. The van der Waals surface area contributed by atoms with Crippen LogP contribution in [0.25, 0.3) is 0 Å². The van der Waals surface area contributed by atoms with Gasteiger partial charge in [0.05, 0.1) is 5.56 Å². The third kappa shape index (κ3) is 3.49. The number of aromatic nitrogens is 3. The standard InChI is InChI=1S/C13H13ClF3N3O2/c1-12(2,3)11-19-18-9(22-11)6-20-5-7(13(15,16)17)4-8(14)10(20)21/h4-5H,6H2,1-3H3. The van der Waals surface area contributed by atoms with E-state index in [1.165, 1.54) is 0 Å².